The predicted octanol–water partition coefficient (Wildman–Crippen LogP) is 3.58. The molecule has 2 aromatic heterocycles. The summed E-state index contributed by atoms with van der Waals surface area (Å²) in [6.07, 6.45) is 6.26. The summed E-state index contributed by atoms with van der Waals surface area (Å²) in [5.41, 5.74) is 1.93. The highest BCUT2D eigenvalue weighted by Gasteiger charge is 2.34. The summed E-state index contributed by atoms with van der Waals surface area (Å²) in [4.78, 5) is 8.60. The maximum atomic E-state index is 13.4. The molecule has 0 saturated heterocycles. The molecule has 11 heteroatoms. The second-order valence-electron chi connectivity index (χ2n) is 8.58. The Bertz CT molecular complexity index is 1230. The molecule has 1 aliphatic carbocycles. The van der Waals surface area contributed by atoms with Gasteiger partial charge in [0, 0.05) is 24.2 Å². The van der Waals surface area contributed by atoms with Crippen LogP contribution in [-0.4, -0.2) is 52.6 Å². The Labute approximate surface area is 199 Å². The SMILES string of the molecule is COc1cccc(OC)c1-n1c(NS(=O)(=O)[C@@H](C)[C@H](C)c2cnc(C)cn2)nnc1C1CCC1. The van der Waals surface area contributed by atoms with Crippen LogP contribution in [0.5, 0.6) is 11.5 Å². The normalized spacial score (nSPS) is 15.9. The fourth-order valence-electron chi connectivity index (χ4n) is 3.93. The van der Waals surface area contributed by atoms with Gasteiger partial charge in [-0.25, -0.2) is 8.42 Å². The number of para-hydroxylation sites is 1. The van der Waals surface area contributed by atoms with E-state index in [-0.39, 0.29) is 11.9 Å². The number of aryl methyl sites for hydroxylation is 1. The van der Waals surface area contributed by atoms with Crippen LogP contribution in [0.15, 0.2) is 30.6 Å². The van der Waals surface area contributed by atoms with Crippen molar-refractivity contribution in [2.24, 2.45) is 0 Å². The van der Waals surface area contributed by atoms with Gasteiger partial charge in [-0.2, -0.15) is 0 Å². The number of benzene rings is 1. The molecule has 0 aliphatic heterocycles. The smallest absolute Gasteiger partial charge is 0.243 e. The number of ether oxygens (including phenoxy) is 2. The summed E-state index contributed by atoms with van der Waals surface area (Å²) in [7, 11) is -0.750. The number of rotatable bonds is 9. The van der Waals surface area contributed by atoms with Crippen molar-refractivity contribution in [3.63, 3.8) is 0 Å². The number of nitrogens with one attached hydrogen (secondary N) is 1. The highest BCUT2D eigenvalue weighted by atomic mass is 32.2. The molecule has 1 saturated carbocycles. The lowest BCUT2D eigenvalue weighted by Gasteiger charge is -2.26. The maximum absolute atomic E-state index is 13.4. The zero-order valence-corrected chi connectivity index (χ0v) is 20.8. The number of sulfonamides is 1. The molecule has 0 unspecified atom stereocenters. The van der Waals surface area contributed by atoms with Crippen molar-refractivity contribution in [2.75, 3.05) is 18.9 Å². The van der Waals surface area contributed by atoms with Crippen LogP contribution < -0.4 is 14.2 Å². The van der Waals surface area contributed by atoms with E-state index in [2.05, 4.69) is 24.9 Å². The molecule has 0 spiro atoms. The van der Waals surface area contributed by atoms with Crippen molar-refractivity contribution >= 4 is 16.0 Å². The van der Waals surface area contributed by atoms with Crippen molar-refractivity contribution in [3.05, 3.63) is 47.8 Å². The van der Waals surface area contributed by atoms with Crippen molar-refractivity contribution < 1.29 is 17.9 Å². The molecule has 1 aromatic carbocycles. The zero-order valence-electron chi connectivity index (χ0n) is 20.0. The molecule has 182 valence electrons. The van der Waals surface area contributed by atoms with Gasteiger partial charge in [-0.3, -0.25) is 19.3 Å². The summed E-state index contributed by atoms with van der Waals surface area (Å²) in [6, 6.07) is 5.40. The molecule has 1 N–H and O–H groups in total. The van der Waals surface area contributed by atoms with Crippen LogP contribution >= 0.6 is 0 Å². The third-order valence-corrected chi connectivity index (χ3v) is 8.33. The van der Waals surface area contributed by atoms with E-state index >= 15 is 0 Å². The Hall–Kier alpha value is -3.21. The molecule has 0 amide bonds. The molecule has 34 heavy (non-hydrogen) atoms. The lowest BCUT2D eigenvalue weighted by atomic mass is 9.85. The monoisotopic (exact) mass is 486 g/mol. The molecule has 3 aromatic rings. The van der Waals surface area contributed by atoms with E-state index in [4.69, 9.17) is 9.47 Å². The van der Waals surface area contributed by atoms with Crippen LogP contribution in [0, 0.1) is 6.92 Å². The van der Waals surface area contributed by atoms with Crippen LogP contribution in [0.1, 0.15) is 62.2 Å². The van der Waals surface area contributed by atoms with Crippen LogP contribution in [0.4, 0.5) is 5.95 Å². The Morgan fingerprint density at radius 1 is 1.06 bits per heavy atom. The van der Waals surface area contributed by atoms with Gasteiger partial charge in [0.25, 0.3) is 0 Å². The second kappa shape index (κ2) is 9.57. The largest absolute Gasteiger partial charge is 0.494 e. The molecule has 1 aliphatic rings. The molecular formula is C23H30N6O4S. The third kappa shape index (κ3) is 4.44. The van der Waals surface area contributed by atoms with Crippen molar-refractivity contribution in [1.29, 1.82) is 0 Å². The van der Waals surface area contributed by atoms with Gasteiger partial charge < -0.3 is 9.47 Å². The summed E-state index contributed by atoms with van der Waals surface area (Å²) in [5, 5.41) is 7.81. The predicted molar refractivity (Wildman–Crippen MR) is 128 cm³/mol. The minimum Gasteiger partial charge on any atom is -0.494 e. The van der Waals surface area contributed by atoms with Gasteiger partial charge in [0.05, 0.1) is 30.9 Å². The first-order chi connectivity index (χ1) is 16.3. The molecule has 2 heterocycles. The highest BCUT2D eigenvalue weighted by molar-refractivity contribution is 7.93. The molecule has 10 nitrogen and oxygen atoms in total. The molecular weight excluding hydrogens is 456 g/mol. The number of nitrogens with zero attached hydrogens (tertiary/aromatic N) is 5. The zero-order chi connectivity index (χ0) is 24.5. The second-order valence-corrected chi connectivity index (χ2v) is 10.6. The molecule has 0 radical (unpaired) electrons. The minimum absolute atomic E-state index is 0.0961. The topological polar surface area (TPSA) is 121 Å². The lowest BCUT2D eigenvalue weighted by Crippen LogP contribution is -2.31. The Balaban J connectivity index is 1.74. The first-order valence-corrected chi connectivity index (χ1v) is 12.8. The van der Waals surface area contributed by atoms with Gasteiger partial charge in [0.15, 0.2) is 0 Å². The molecule has 2 atom stereocenters. The van der Waals surface area contributed by atoms with Gasteiger partial charge in [0.1, 0.15) is 23.0 Å². The van der Waals surface area contributed by atoms with Crippen molar-refractivity contribution in [1.82, 2.24) is 24.7 Å². The van der Waals surface area contributed by atoms with Gasteiger partial charge in [-0.1, -0.05) is 19.4 Å². The van der Waals surface area contributed by atoms with Crippen LogP contribution in [-0.2, 0) is 10.0 Å². The summed E-state index contributed by atoms with van der Waals surface area (Å²) in [5.74, 6) is 1.61. The Morgan fingerprint density at radius 2 is 1.74 bits per heavy atom. The fourth-order valence-corrected chi connectivity index (χ4v) is 5.18. The number of aromatic nitrogens is 5. The van der Waals surface area contributed by atoms with Gasteiger partial charge in [-0.15, -0.1) is 10.2 Å². The molecule has 4 rings (SSSR count). The average molecular weight is 487 g/mol. The standard InChI is InChI=1S/C23H30N6O4S/c1-14-12-25-18(13-24-14)15(2)16(3)34(30,31)28-23-27-26-22(17-8-6-9-17)29(23)21-19(32-4)10-7-11-20(21)33-5/h7,10-13,15-17H,6,8-9H2,1-5H3,(H,27,28)/t15-,16-/m0/s1. The highest BCUT2D eigenvalue weighted by Crippen LogP contribution is 2.42. The van der Waals surface area contributed by atoms with Crippen LogP contribution in [0.2, 0.25) is 0 Å². The summed E-state index contributed by atoms with van der Waals surface area (Å²) in [6.45, 7) is 5.30. The number of methoxy groups -OCH3 is 2. The van der Waals surface area contributed by atoms with E-state index in [9.17, 15) is 8.42 Å². The molecule has 1 fully saturated rings. The van der Waals surface area contributed by atoms with E-state index < -0.39 is 21.2 Å². The maximum Gasteiger partial charge on any atom is 0.243 e. The van der Waals surface area contributed by atoms with Crippen LogP contribution in [0.3, 0.4) is 0 Å². The van der Waals surface area contributed by atoms with E-state index in [0.29, 0.717) is 28.7 Å². The first-order valence-electron chi connectivity index (χ1n) is 11.2. The minimum atomic E-state index is -3.86. The Kier molecular flexibility index (Phi) is 6.74. The fraction of sp³-hybridized carbons (Fsp3) is 0.478. The van der Waals surface area contributed by atoms with Gasteiger partial charge in [-0.05, 0) is 38.8 Å². The van der Waals surface area contributed by atoms with Crippen molar-refractivity contribution in [2.45, 2.75) is 57.1 Å². The van der Waals surface area contributed by atoms with Gasteiger partial charge in [0.2, 0.25) is 16.0 Å². The lowest BCUT2D eigenvalue weighted by molar-refractivity contribution is 0.379. The quantitative estimate of drug-likeness (QED) is 0.487. The van der Waals surface area contributed by atoms with Crippen molar-refractivity contribution in [3.8, 4) is 17.2 Å². The Morgan fingerprint density at radius 3 is 2.26 bits per heavy atom. The summed E-state index contributed by atoms with van der Waals surface area (Å²) >= 11 is 0. The van der Waals surface area contributed by atoms with Crippen LogP contribution in [0.25, 0.3) is 5.69 Å². The number of hydrogen-bond acceptors (Lipinski definition) is 8. The number of anilines is 1. The third-order valence-electron chi connectivity index (χ3n) is 6.48. The van der Waals surface area contributed by atoms with E-state index in [1.165, 1.54) is 0 Å². The van der Waals surface area contributed by atoms with E-state index in [0.717, 1.165) is 25.0 Å². The number of hydrogen-bond donors (Lipinski definition) is 1. The van der Waals surface area contributed by atoms with E-state index in [1.54, 1.807) is 50.2 Å². The van der Waals surface area contributed by atoms with E-state index in [1.807, 2.05) is 19.9 Å². The van der Waals surface area contributed by atoms with Gasteiger partial charge >= 0.3 is 0 Å². The first kappa shape index (κ1) is 23.9. The average Bonchev–Trinajstić information content (AvgIpc) is 3.18. The molecule has 0 bridgehead atoms. The summed E-state index contributed by atoms with van der Waals surface area (Å²) < 4.78 is 42.4.